The van der Waals surface area contributed by atoms with Crippen LogP contribution in [0.3, 0.4) is 0 Å². The molecule has 2 rings (SSSR count). The van der Waals surface area contributed by atoms with Gasteiger partial charge in [-0.15, -0.1) is 0 Å². The van der Waals surface area contributed by atoms with E-state index >= 15 is 0 Å². The van der Waals surface area contributed by atoms with Crippen LogP contribution in [0.1, 0.15) is 12.0 Å². The van der Waals surface area contributed by atoms with Crippen molar-refractivity contribution in [3.63, 3.8) is 0 Å². The third-order valence-corrected chi connectivity index (χ3v) is 2.68. The lowest BCUT2D eigenvalue weighted by Gasteiger charge is -2.02. The smallest absolute Gasteiger partial charge is 0.333 e. The summed E-state index contributed by atoms with van der Waals surface area (Å²) >= 11 is 0. The minimum absolute atomic E-state index is 0.0707. The van der Waals surface area contributed by atoms with Gasteiger partial charge in [-0.25, -0.2) is 4.79 Å². The van der Waals surface area contributed by atoms with Crippen molar-refractivity contribution in [3.8, 4) is 6.07 Å². The average molecular weight is 297 g/mol. The van der Waals surface area contributed by atoms with Crippen LogP contribution in [-0.2, 0) is 14.3 Å². The van der Waals surface area contributed by atoms with Gasteiger partial charge in [0.25, 0.3) is 0 Å². The monoisotopic (exact) mass is 297 g/mol. The number of nitriles is 1. The SMILES string of the molecule is C=C(CC=CC#N)C(=O)OCC1CO1.C=Cc1ccccc1. The van der Waals surface area contributed by atoms with E-state index in [1.807, 2.05) is 42.5 Å². The van der Waals surface area contributed by atoms with Crippen molar-refractivity contribution >= 4 is 12.0 Å². The molecule has 1 aliphatic heterocycles. The Balaban J connectivity index is 0.000000255. The van der Waals surface area contributed by atoms with Crippen LogP contribution in [0.2, 0.25) is 0 Å². The number of rotatable bonds is 6. The molecule has 4 heteroatoms. The molecule has 0 bridgehead atoms. The topological polar surface area (TPSA) is 62.6 Å². The molecule has 4 nitrogen and oxygen atoms in total. The minimum atomic E-state index is -0.428. The van der Waals surface area contributed by atoms with E-state index in [0.29, 0.717) is 25.2 Å². The summed E-state index contributed by atoms with van der Waals surface area (Å²) in [6.07, 6.45) is 5.12. The number of carbonyl (C=O) groups excluding carboxylic acids is 1. The maximum atomic E-state index is 11.2. The second-order valence-electron chi connectivity index (χ2n) is 4.51. The first-order chi connectivity index (χ1) is 10.7. The molecule has 0 saturated carbocycles. The third-order valence-electron chi connectivity index (χ3n) is 2.68. The molecular weight excluding hydrogens is 278 g/mol. The molecule has 0 aromatic heterocycles. The number of carbonyl (C=O) groups is 1. The number of hydrogen-bond acceptors (Lipinski definition) is 4. The fourth-order valence-electron chi connectivity index (χ4n) is 1.36. The van der Waals surface area contributed by atoms with Gasteiger partial charge < -0.3 is 9.47 Å². The van der Waals surface area contributed by atoms with Crippen molar-refractivity contribution in [2.75, 3.05) is 13.2 Å². The number of allylic oxidation sites excluding steroid dienone is 2. The van der Waals surface area contributed by atoms with Crippen LogP contribution in [-0.4, -0.2) is 25.3 Å². The van der Waals surface area contributed by atoms with Crippen LogP contribution >= 0.6 is 0 Å². The Morgan fingerprint density at radius 2 is 2.14 bits per heavy atom. The highest BCUT2D eigenvalue weighted by Crippen LogP contribution is 2.10. The molecule has 0 amide bonds. The van der Waals surface area contributed by atoms with Crippen molar-refractivity contribution in [1.82, 2.24) is 0 Å². The Labute approximate surface area is 131 Å². The molecule has 0 spiro atoms. The molecule has 0 N–H and O–H groups in total. The molecule has 0 radical (unpaired) electrons. The van der Waals surface area contributed by atoms with E-state index in [1.165, 1.54) is 11.6 Å². The number of nitrogens with zero attached hydrogens (tertiary/aromatic N) is 1. The van der Waals surface area contributed by atoms with E-state index in [1.54, 1.807) is 6.08 Å². The first kappa shape index (κ1) is 17.4. The average Bonchev–Trinajstić information content (AvgIpc) is 3.38. The van der Waals surface area contributed by atoms with Gasteiger partial charge in [-0.3, -0.25) is 0 Å². The zero-order valence-electron chi connectivity index (χ0n) is 12.4. The maximum Gasteiger partial charge on any atom is 0.333 e. The van der Waals surface area contributed by atoms with Crippen molar-refractivity contribution in [2.24, 2.45) is 0 Å². The number of benzene rings is 1. The summed E-state index contributed by atoms with van der Waals surface area (Å²) < 4.78 is 9.75. The molecule has 1 aromatic rings. The van der Waals surface area contributed by atoms with E-state index in [0.717, 1.165) is 0 Å². The summed E-state index contributed by atoms with van der Waals surface area (Å²) in [4.78, 5) is 11.2. The predicted molar refractivity (Wildman–Crippen MR) is 85.7 cm³/mol. The highest BCUT2D eigenvalue weighted by atomic mass is 16.6. The van der Waals surface area contributed by atoms with Gasteiger partial charge in [0.05, 0.1) is 12.7 Å². The maximum absolute atomic E-state index is 11.2. The van der Waals surface area contributed by atoms with Crippen LogP contribution in [0.4, 0.5) is 0 Å². The zero-order valence-corrected chi connectivity index (χ0v) is 12.4. The van der Waals surface area contributed by atoms with Gasteiger partial charge in [-0.1, -0.05) is 55.6 Å². The van der Waals surface area contributed by atoms with Crippen LogP contribution < -0.4 is 0 Å². The summed E-state index contributed by atoms with van der Waals surface area (Å²) in [6.45, 7) is 8.13. The lowest BCUT2D eigenvalue weighted by atomic mass is 10.2. The van der Waals surface area contributed by atoms with Crippen LogP contribution in [0, 0.1) is 11.3 Å². The van der Waals surface area contributed by atoms with Crippen LogP contribution in [0.25, 0.3) is 6.08 Å². The van der Waals surface area contributed by atoms with Crippen LogP contribution in [0.5, 0.6) is 0 Å². The molecule has 114 valence electrons. The summed E-state index contributed by atoms with van der Waals surface area (Å²) in [6, 6.07) is 11.9. The van der Waals surface area contributed by atoms with Gasteiger partial charge in [-0.2, -0.15) is 5.26 Å². The zero-order chi connectivity index (χ0) is 16.2. The minimum Gasteiger partial charge on any atom is -0.459 e. The fraction of sp³-hybridized carbons (Fsp3) is 0.222. The van der Waals surface area contributed by atoms with Gasteiger partial charge in [0.1, 0.15) is 12.7 Å². The molecule has 0 aliphatic carbocycles. The summed E-state index contributed by atoms with van der Waals surface area (Å²) in [5, 5.41) is 8.20. The Bertz CT molecular complexity index is 566. The number of epoxide rings is 1. The third kappa shape index (κ3) is 7.83. The largest absolute Gasteiger partial charge is 0.459 e. The van der Waals surface area contributed by atoms with Gasteiger partial charge in [0.2, 0.25) is 0 Å². The lowest BCUT2D eigenvalue weighted by molar-refractivity contribution is -0.139. The second-order valence-corrected chi connectivity index (χ2v) is 4.51. The van der Waals surface area contributed by atoms with E-state index in [2.05, 4.69) is 13.2 Å². The van der Waals surface area contributed by atoms with Gasteiger partial charge >= 0.3 is 5.97 Å². The normalized spacial score (nSPS) is 15.1. The number of ether oxygens (including phenoxy) is 2. The molecule has 22 heavy (non-hydrogen) atoms. The van der Waals surface area contributed by atoms with Crippen molar-refractivity contribution < 1.29 is 14.3 Å². The van der Waals surface area contributed by atoms with Gasteiger partial charge in [0, 0.05) is 11.6 Å². The standard InChI is InChI=1S/C10H11NO3.C8H8/c1-8(4-2-3-5-11)10(12)14-7-9-6-13-9;1-2-8-6-4-3-5-7-8/h2-3,9H,1,4,6-7H2;2-7H,1H2. The summed E-state index contributed by atoms with van der Waals surface area (Å²) in [7, 11) is 0. The van der Waals surface area contributed by atoms with Crippen LogP contribution in [0.15, 0.2) is 61.2 Å². The highest BCUT2D eigenvalue weighted by Gasteiger charge is 2.24. The number of esters is 1. The molecule has 1 aromatic carbocycles. The van der Waals surface area contributed by atoms with Crippen molar-refractivity contribution in [1.29, 1.82) is 5.26 Å². The van der Waals surface area contributed by atoms with Gasteiger partial charge in [-0.05, 0) is 12.0 Å². The summed E-state index contributed by atoms with van der Waals surface area (Å²) in [5.74, 6) is -0.428. The van der Waals surface area contributed by atoms with Crippen molar-refractivity contribution in [2.45, 2.75) is 12.5 Å². The lowest BCUT2D eigenvalue weighted by Crippen LogP contribution is -2.11. The second kappa shape index (κ2) is 10.1. The van der Waals surface area contributed by atoms with Crippen molar-refractivity contribution in [3.05, 3.63) is 66.8 Å². The molecule has 1 heterocycles. The number of hydrogen-bond donors (Lipinski definition) is 0. The summed E-state index contributed by atoms with van der Waals surface area (Å²) in [5.41, 5.74) is 1.52. The first-order valence-electron chi connectivity index (χ1n) is 6.86. The molecule has 1 saturated heterocycles. The Hall–Kier alpha value is -2.64. The Kier molecular flexibility index (Phi) is 8.02. The molecular formula is C18H19NO3. The van der Waals surface area contributed by atoms with E-state index < -0.39 is 5.97 Å². The molecule has 1 atom stereocenters. The molecule has 1 fully saturated rings. The Morgan fingerprint density at radius 1 is 1.45 bits per heavy atom. The van der Waals surface area contributed by atoms with E-state index in [4.69, 9.17) is 14.7 Å². The fourth-order valence-corrected chi connectivity index (χ4v) is 1.36. The first-order valence-corrected chi connectivity index (χ1v) is 6.86. The highest BCUT2D eigenvalue weighted by molar-refractivity contribution is 5.88. The van der Waals surface area contributed by atoms with E-state index in [9.17, 15) is 4.79 Å². The molecule has 1 aliphatic rings. The quantitative estimate of drug-likeness (QED) is 0.350. The Morgan fingerprint density at radius 3 is 2.64 bits per heavy atom. The van der Waals surface area contributed by atoms with Gasteiger partial charge in [0.15, 0.2) is 0 Å². The molecule has 1 unspecified atom stereocenters. The van der Waals surface area contributed by atoms with E-state index in [-0.39, 0.29) is 6.10 Å². The predicted octanol–water partition coefficient (Wildman–Crippen LogP) is 3.28.